The quantitative estimate of drug-likeness (QED) is 0.356. The van der Waals surface area contributed by atoms with E-state index in [2.05, 4.69) is 5.16 Å². The molecule has 3 N–H and O–H groups in total. The summed E-state index contributed by atoms with van der Waals surface area (Å²) in [5.41, 5.74) is 6.38. The van der Waals surface area contributed by atoms with E-state index in [1.54, 1.807) is 0 Å². The summed E-state index contributed by atoms with van der Waals surface area (Å²) >= 11 is 6.02. The van der Waals surface area contributed by atoms with Crippen LogP contribution >= 0.6 is 11.6 Å². The fourth-order valence-electron chi connectivity index (χ4n) is 1.42. The van der Waals surface area contributed by atoms with E-state index in [9.17, 15) is 0 Å². The summed E-state index contributed by atoms with van der Waals surface area (Å²) in [6, 6.07) is 7.53. The Bertz CT molecular complexity index is 383. The van der Waals surface area contributed by atoms with Gasteiger partial charge in [-0.2, -0.15) is 0 Å². The molecular formula is C12H17ClN2O2. The van der Waals surface area contributed by atoms with Gasteiger partial charge in [-0.25, -0.2) is 0 Å². The summed E-state index contributed by atoms with van der Waals surface area (Å²) in [4.78, 5) is 0. The average molecular weight is 257 g/mol. The maximum Gasteiger partial charge on any atom is 0.141 e. The number of rotatable bonds is 6. The van der Waals surface area contributed by atoms with E-state index >= 15 is 0 Å². The number of hydrogen-bond donors (Lipinski definition) is 2. The largest absolute Gasteiger partial charge is 0.409 e. The molecule has 0 spiro atoms. The van der Waals surface area contributed by atoms with Crippen molar-refractivity contribution in [1.29, 1.82) is 0 Å². The second kappa shape index (κ2) is 7.14. The van der Waals surface area contributed by atoms with E-state index in [4.69, 9.17) is 27.3 Å². The van der Waals surface area contributed by atoms with Crippen molar-refractivity contribution in [3.05, 3.63) is 34.9 Å². The van der Waals surface area contributed by atoms with Gasteiger partial charge in [0.1, 0.15) is 5.84 Å². The lowest BCUT2D eigenvalue weighted by molar-refractivity contribution is 0.0425. The standard InChI is InChI=1S/C12H17ClN2O2/c1-2-10(7-12(14)15-16)17-8-9-5-3-4-6-11(9)13/h3-6,10,16H,2,7-8H2,1H3,(H2,14,15). The zero-order chi connectivity index (χ0) is 12.7. The molecule has 1 aromatic carbocycles. The fourth-order valence-corrected chi connectivity index (χ4v) is 1.61. The molecule has 1 unspecified atom stereocenters. The van der Waals surface area contributed by atoms with Crippen LogP contribution in [0.2, 0.25) is 5.02 Å². The van der Waals surface area contributed by atoms with Gasteiger partial charge in [-0.1, -0.05) is 41.9 Å². The maximum absolute atomic E-state index is 8.49. The molecule has 0 aliphatic carbocycles. The van der Waals surface area contributed by atoms with Crippen LogP contribution < -0.4 is 5.73 Å². The van der Waals surface area contributed by atoms with Crippen molar-refractivity contribution < 1.29 is 9.94 Å². The highest BCUT2D eigenvalue weighted by molar-refractivity contribution is 6.31. The Morgan fingerprint density at radius 3 is 2.82 bits per heavy atom. The monoisotopic (exact) mass is 256 g/mol. The zero-order valence-electron chi connectivity index (χ0n) is 9.77. The zero-order valence-corrected chi connectivity index (χ0v) is 10.5. The molecule has 0 heterocycles. The molecule has 1 atom stereocenters. The second-order valence-electron chi connectivity index (χ2n) is 3.73. The number of hydrogen-bond acceptors (Lipinski definition) is 3. The van der Waals surface area contributed by atoms with Crippen molar-refractivity contribution >= 4 is 17.4 Å². The molecule has 0 amide bonds. The van der Waals surface area contributed by atoms with Gasteiger partial charge < -0.3 is 15.7 Å². The molecule has 0 fully saturated rings. The first-order chi connectivity index (χ1) is 8.17. The Balaban J connectivity index is 2.51. The van der Waals surface area contributed by atoms with Gasteiger partial charge in [-0.05, 0) is 18.1 Å². The van der Waals surface area contributed by atoms with Crippen LogP contribution in [0.1, 0.15) is 25.3 Å². The van der Waals surface area contributed by atoms with Gasteiger partial charge in [0.2, 0.25) is 0 Å². The van der Waals surface area contributed by atoms with E-state index in [-0.39, 0.29) is 11.9 Å². The number of benzene rings is 1. The molecule has 0 saturated heterocycles. The van der Waals surface area contributed by atoms with Crippen LogP contribution in [-0.4, -0.2) is 17.1 Å². The predicted molar refractivity (Wildman–Crippen MR) is 68.3 cm³/mol. The molecular weight excluding hydrogens is 240 g/mol. The third-order valence-corrected chi connectivity index (χ3v) is 2.82. The minimum Gasteiger partial charge on any atom is -0.409 e. The highest BCUT2D eigenvalue weighted by Gasteiger charge is 2.10. The average Bonchev–Trinajstić information content (AvgIpc) is 2.35. The Morgan fingerprint density at radius 2 is 2.24 bits per heavy atom. The molecule has 0 aliphatic heterocycles. The molecule has 0 saturated carbocycles. The van der Waals surface area contributed by atoms with Crippen LogP contribution in [0.3, 0.4) is 0 Å². The number of nitrogens with zero attached hydrogens (tertiary/aromatic N) is 1. The van der Waals surface area contributed by atoms with Gasteiger partial charge in [-0.15, -0.1) is 0 Å². The lowest BCUT2D eigenvalue weighted by atomic mass is 10.2. The van der Waals surface area contributed by atoms with Crippen molar-refractivity contribution in [2.75, 3.05) is 0 Å². The first-order valence-corrected chi connectivity index (χ1v) is 5.86. The van der Waals surface area contributed by atoms with E-state index in [1.165, 1.54) is 0 Å². The van der Waals surface area contributed by atoms with E-state index in [0.29, 0.717) is 18.1 Å². The Morgan fingerprint density at radius 1 is 1.53 bits per heavy atom. The van der Waals surface area contributed by atoms with Gasteiger partial charge in [0.05, 0.1) is 12.7 Å². The number of ether oxygens (including phenoxy) is 1. The van der Waals surface area contributed by atoms with Crippen molar-refractivity contribution in [2.45, 2.75) is 32.5 Å². The fraction of sp³-hybridized carbons (Fsp3) is 0.417. The smallest absolute Gasteiger partial charge is 0.141 e. The summed E-state index contributed by atoms with van der Waals surface area (Å²) in [6.07, 6.45) is 1.14. The van der Waals surface area contributed by atoms with Crippen LogP contribution in [0.15, 0.2) is 29.4 Å². The highest BCUT2D eigenvalue weighted by atomic mass is 35.5. The Kier molecular flexibility index (Phi) is 5.80. The second-order valence-corrected chi connectivity index (χ2v) is 4.14. The molecule has 1 rings (SSSR count). The summed E-state index contributed by atoms with van der Waals surface area (Å²) in [5.74, 6) is 0.177. The van der Waals surface area contributed by atoms with Crippen LogP contribution in [-0.2, 0) is 11.3 Å². The molecule has 17 heavy (non-hydrogen) atoms. The topological polar surface area (TPSA) is 67.8 Å². The molecule has 1 aromatic rings. The normalized spacial score (nSPS) is 13.6. The number of nitrogens with two attached hydrogens (primary N) is 1. The third kappa shape index (κ3) is 4.63. The predicted octanol–water partition coefficient (Wildman–Crippen LogP) is 2.77. The Labute approximate surface area is 106 Å². The maximum atomic E-state index is 8.49. The van der Waals surface area contributed by atoms with E-state index in [0.717, 1.165) is 12.0 Å². The van der Waals surface area contributed by atoms with Gasteiger partial charge in [0.15, 0.2) is 0 Å². The summed E-state index contributed by atoms with van der Waals surface area (Å²) < 4.78 is 5.67. The summed E-state index contributed by atoms with van der Waals surface area (Å²) in [7, 11) is 0. The number of oxime groups is 1. The van der Waals surface area contributed by atoms with Crippen LogP contribution in [0, 0.1) is 0 Å². The summed E-state index contributed by atoms with van der Waals surface area (Å²) in [6.45, 7) is 2.42. The first kappa shape index (κ1) is 13.8. The van der Waals surface area contributed by atoms with Gasteiger partial charge in [0.25, 0.3) is 0 Å². The summed E-state index contributed by atoms with van der Waals surface area (Å²) in [5, 5.41) is 12.1. The lowest BCUT2D eigenvalue weighted by Gasteiger charge is -2.15. The lowest BCUT2D eigenvalue weighted by Crippen LogP contribution is -2.22. The van der Waals surface area contributed by atoms with E-state index in [1.807, 2.05) is 31.2 Å². The number of amidine groups is 1. The van der Waals surface area contributed by atoms with Crippen molar-refractivity contribution in [3.63, 3.8) is 0 Å². The molecule has 0 bridgehead atoms. The van der Waals surface area contributed by atoms with E-state index < -0.39 is 0 Å². The SMILES string of the molecule is CCC(C/C(N)=N/O)OCc1ccccc1Cl. The molecule has 4 nitrogen and oxygen atoms in total. The molecule has 0 aromatic heterocycles. The van der Waals surface area contributed by atoms with Crippen LogP contribution in [0.5, 0.6) is 0 Å². The van der Waals surface area contributed by atoms with Gasteiger partial charge in [0, 0.05) is 11.4 Å². The van der Waals surface area contributed by atoms with Gasteiger partial charge in [-0.3, -0.25) is 0 Å². The van der Waals surface area contributed by atoms with Crippen molar-refractivity contribution in [1.82, 2.24) is 0 Å². The molecule has 94 valence electrons. The van der Waals surface area contributed by atoms with Crippen LogP contribution in [0.4, 0.5) is 0 Å². The first-order valence-electron chi connectivity index (χ1n) is 5.48. The molecule has 0 aliphatic rings. The molecule has 5 heteroatoms. The van der Waals surface area contributed by atoms with Crippen LogP contribution in [0.25, 0.3) is 0 Å². The minimum atomic E-state index is -0.0674. The minimum absolute atomic E-state index is 0.0674. The van der Waals surface area contributed by atoms with Crippen molar-refractivity contribution in [3.8, 4) is 0 Å². The molecule has 0 radical (unpaired) electrons. The Hall–Kier alpha value is -1.26. The third-order valence-electron chi connectivity index (χ3n) is 2.45. The highest BCUT2D eigenvalue weighted by Crippen LogP contribution is 2.17. The van der Waals surface area contributed by atoms with Crippen molar-refractivity contribution in [2.24, 2.45) is 10.9 Å². The number of halogens is 1. The van der Waals surface area contributed by atoms with Gasteiger partial charge >= 0.3 is 0 Å².